The van der Waals surface area contributed by atoms with Gasteiger partial charge in [0.25, 0.3) is 5.91 Å². The standard InChI is InChI=1S/C14H12FNO3S2/c1-8(13(18)19-2)16-12(17)11(21-14(16)20)7-9-4-3-5-10(15)6-9/h3-8H,1-2H3/b11-7-/t8-/m1/s1. The molecule has 1 saturated heterocycles. The predicted molar refractivity (Wildman–Crippen MR) is 82.9 cm³/mol. The highest BCUT2D eigenvalue weighted by molar-refractivity contribution is 8.26. The number of methoxy groups -OCH3 is 1. The Hall–Kier alpha value is -1.73. The Bertz CT molecular complexity index is 645. The molecule has 1 atom stereocenters. The van der Waals surface area contributed by atoms with Crippen LogP contribution in [-0.2, 0) is 14.3 Å². The van der Waals surface area contributed by atoms with E-state index in [9.17, 15) is 14.0 Å². The van der Waals surface area contributed by atoms with E-state index in [0.717, 1.165) is 11.8 Å². The minimum atomic E-state index is -0.791. The summed E-state index contributed by atoms with van der Waals surface area (Å²) in [5.41, 5.74) is 0.557. The van der Waals surface area contributed by atoms with Crippen molar-refractivity contribution in [1.29, 1.82) is 0 Å². The van der Waals surface area contributed by atoms with Crippen molar-refractivity contribution in [2.24, 2.45) is 0 Å². The Morgan fingerprint density at radius 1 is 1.52 bits per heavy atom. The lowest BCUT2D eigenvalue weighted by Gasteiger charge is -2.20. The second-order valence-electron chi connectivity index (χ2n) is 4.31. The summed E-state index contributed by atoms with van der Waals surface area (Å²) in [4.78, 5) is 25.4. The summed E-state index contributed by atoms with van der Waals surface area (Å²) < 4.78 is 18.1. The number of thiocarbonyl (C=S) groups is 1. The number of esters is 1. The van der Waals surface area contributed by atoms with Crippen LogP contribution in [0.15, 0.2) is 29.2 Å². The van der Waals surface area contributed by atoms with Gasteiger partial charge in [0.1, 0.15) is 16.2 Å². The highest BCUT2D eigenvalue weighted by Gasteiger charge is 2.38. The normalized spacial score (nSPS) is 18.2. The van der Waals surface area contributed by atoms with E-state index in [2.05, 4.69) is 4.74 Å². The maximum Gasteiger partial charge on any atom is 0.328 e. The summed E-state index contributed by atoms with van der Waals surface area (Å²) in [7, 11) is 1.25. The molecular formula is C14H12FNO3S2. The van der Waals surface area contributed by atoms with Crippen molar-refractivity contribution in [2.75, 3.05) is 7.11 Å². The van der Waals surface area contributed by atoms with Gasteiger partial charge in [-0.2, -0.15) is 0 Å². The molecule has 0 bridgehead atoms. The molecule has 110 valence electrons. The molecule has 1 aliphatic rings. The SMILES string of the molecule is COC(=O)[C@@H](C)N1C(=O)/C(=C/c2cccc(F)c2)SC1=S. The van der Waals surface area contributed by atoms with E-state index in [1.807, 2.05) is 0 Å². The van der Waals surface area contributed by atoms with Crippen molar-refractivity contribution in [3.8, 4) is 0 Å². The molecule has 4 nitrogen and oxygen atoms in total. The van der Waals surface area contributed by atoms with Crippen LogP contribution in [0.2, 0.25) is 0 Å². The van der Waals surface area contributed by atoms with E-state index in [1.54, 1.807) is 25.1 Å². The number of rotatable bonds is 3. The molecule has 1 amide bonds. The Morgan fingerprint density at radius 3 is 2.86 bits per heavy atom. The molecule has 1 aromatic carbocycles. The lowest BCUT2D eigenvalue weighted by atomic mass is 10.2. The first-order valence-corrected chi connectivity index (χ1v) is 7.27. The average Bonchev–Trinajstić information content (AvgIpc) is 2.72. The maximum atomic E-state index is 13.2. The van der Waals surface area contributed by atoms with Gasteiger partial charge in [0, 0.05) is 0 Å². The molecule has 0 unspecified atom stereocenters. The average molecular weight is 325 g/mol. The highest BCUT2D eigenvalue weighted by atomic mass is 32.2. The molecule has 0 spiro atoms. The Morgan fingerprint density at radius 2 is 2.24 bits per heavy atom. The number of nitrogens with zero attached hydrogens (tertiary/aromatic N) is 1. The maximum absolute atomic E-state index is 13.2. The summed E-state index contributed by atoms with van der Waals surface area (Å²) in [5, 5.41) is 0. The fourth-order valence-corrected chi connectivity index (χ4v) is 3.26. The van der Waals surface area contributed by atoms with Crippen LogP contribution in [0, 0.1) is 5.82 Å². The lowest BCUT2D eigenvalue weighted by Crippen LogP contribution is -2.42. The van der Waals surface area contributed by atoms with Crippen molar-refractivity contribution in [2.45, 2.75) is 13.0 Å². The van der Waals surface area contributed by atoms with Gasteiger partial charge in [-0.25, -0.2) is 9.18 Å². The summed E-state index contributed by atoms with van der Waals surface area (Å²) >= 11 is 6.20. The smallest absolute Gasteiger partial charge is 0.328 e. The number of amides is 1. The number of halogens is 1. The number of benzene rings is 1. The van der Waals surface area contributed by atoms with Crippen molar-refractivity contribution >= 4 is 46.3 Å². The third-order valence-electron chi connectivity index (χ3n) is 2.90. The molecule has 21 heavy (non-hydrogen) atoms. The van der Waals surface area contributed by atoms with Crippen LogP contribution < -0.4 is 0 Å². The Kier molecular flexibility index (Phi) is 4.74. The van der Waals surface area contributed by atoms with Crippen LogP contribution in [-0.4, -0.2) is 34.2 Å². The van der Waals surface area contributed by atoms with Crippen LogP contribution >= 0.6 is 24.0 Å². The van der Waals surface area contributed by atoms with Gasteiger partial charge in [0.2, 0.25) is 0 Å². The van der Waals surface area contributed by atoms with Crippen LogP contribution in [0.4, 0.5) is 4.39 Å². The fourth-order valence-electron chi connectivity index (χ4n) is 1.84. The molecule has 7 heteroatoms. The molecule has 0 N–H and O–H groups in total. The molecule has 1 aliphatic heterocycles. The van der Waals surface area contributed by atoms with Gasteiger partial charge in [0.05, 0.1) is 12.0 Å². The zero-order valence-corrected chi connectivity index (χ0v) is 13.0. The van der Waals surface area contributed by atoms with Crippen LogP contribution in [0.5, 0.6) is 0 Å². The number of ether oxygens (including phenoxy) is 1. The molecular weight excluding hydrogens is 313 g/mol. The van der Waals surface area contributed by atoms with Gasteiger partial charge in [-0.15, -0.1) is 0 Å². The molecule has 1 heterocycles. The third kappa shape index (κ3) is 3.30. The van der Waals surface area contributed by atoms with Crippen LogP contribution in [0.1, 0.15) is 12.5 Å². The van der Waals surface area contributed by atoms with Gasteiger partial charge in [-0.3, -0.25) is 9.69 Å². The first-order valence-electron chi connectivity index (χ1n) is 6.04. The van der Waals surface area contributed by atoms with Gasteiger partial charge in [-0.05, 0) is 30.7 Å². The van der Waals surface area contributed by atoms with Crippen LogP contribution in [0.25, 0.3) is 6.08 Å². The fraction of sp³-hybridized carbons (Fsp3) is 0.214. The Labute approximate surface area is 130 Å². The van der Waals surface area contributed by atoms with E-state index in [-0.39, 0.29) is 16.0 Å². The minimum absolute atomic E-state index is 0.278. The van der Waals surface area contributed by atoms with Gasteiger partial charge in [0.15, 0.2) is 0 Å². The molecule has 0 saturated carbocycles. The van der Waals surface area contributed by atoms with Gasteiger partial charge in [-0.1, -0.05) is 36.1 Å². The second-order valence-corrected chi connectivity index (χ2v) is 5.98. The van der Waals surface area contributed by atoms with E-state index in [0.29, 0.717) is 10.5 Å². The zero-order valence-electron chi connectivity index (χ0n) is 11.3. The van der Waals surface area contributed by atoms with E-state index < -0.39 is 12.0 Å². The zero-order chi connectivity index (χ0) is 15.6. The van der Waals surface area contributed by atoms with Crippen molar-refractivity contribution in [3.63, 3.8) is 0 Å². The van der Waals surface area contributed by atoms with Crippen molar-refractivity contribution in [1.82, 2.24) is 4.90 Å². The third-order valence-corrected chi connectivity index (χ3v) is 4.23. The largest absolute Gasteiger partial charge is 0.467 e. The molecule has 1 aromatic rings. The topological polar surface area (TPSA) is 46.6 Å². The summed E-state index contributed by atoms with van der Waals surface area (Å²) in [6.07, 6.45) is 1.55. The predicted octanol–water partition coefficient (Wildman–Crippen LogP) is 2.59. The second kappa shape index (κ2) is 6.36. The molecule has 1 fully saturated rings. The first-order chi connectivity index (χ1) is 9.93. The first kappa shape index (κ1) is 15.7. The highest BCUT2D eigenvalue weighted by Crippen LogP contribution is 2.34. The van der Waals surface area contributed by atoms with Crippen LogP contribution in [0.3, 0.4) is 0 Å². The molecule has 0 radical (unpaired) electrons. The number of thioether (sulfide) groups is 1. The van der Waals surface area contributed by atoms with E-state index >= 15 is 0 Å². The molecule has 0 aliphatic carbocycles. The number of carbonyl (C=O) groups is 2. The van der Waals surface area contributed by atoms with Gasteiger partial charge < -0.3 is 4.74 Å². The lowest BCUT2D eigenvalue weighted by molar-refractivity contribution is -0.147. The molecule has 0 aromatic heterocycles. The summed E-state index contributed by atoms with van der Waals surface area (Å²) in [6.45, 7) is 1.54. The minimum Gasteiger partial charge on any atom is -0.467 e. The monoisotopic (exact) mass is 325 g/mol. The summed E-state index contributed by atoms with van der Waals surface area (Å²) in [6, 6.07) is 5.08. The number of hydrogen-bond acceptors (Lipinski definition) is 5. The van der Waals surface area contributed by atoms with E-state index in [1.165, 1.54) is 24.1 Å². The van der Waals surface area contributed by atoms with Crippen molar-refractivity contribution < 1.29 is 18.7 Å². The van der Waals surface area contributed by atoms with E-state index in [4.69, 9.17) is 12.2 Å². The summed E-state index contributed by atoms with van der Waals surface area (Å²) in [5.74, 6) is -1.31. The van der Waals surface area contributed by atoms with Crippen molar-refractivity contribution in [3.05, 3.63) is 40.6 Å². The Balaban J connectivity index is 2.28. The molecule has 2 rings (SSSR count). The number of hydrogen-bond donors (Lipinski definition) is 0. The number of carbonyl (C=O) groups excluding carboxylic acids is 2. The van der Waals surface area contributed by atoms with Gasteiger partial charge >= 0.3 is 5.97 Å². The quantitative estimate of drug-likeness (QED) is 0.486.